The van der Waals surface area contributed by atoms with Crippen LogP contribution in [0, 0.1) is 11.3 Å². The average Bonchev–Trinajstić information content (AvgIpc) is 2.36. The first kappa shape index (κ1) is 15.0. The predicted octanol–water partition coefficient (Wildman–Crippen LogP) is 1.42. The maximum atomic E-state index is 11.6. The van der Waals surface area contributed by atoms with Gasteiger partial charge >= 0.3 is 5.97 Å². The third-order valence-electron chi connectivity index (χ3n) is 4.01. The van der Waals surface area contributed by atoms with Crippen molar-refractivity contribution < 1.29 is 19.4 Å². The first-order valence-corrected chi connectivity index (χ1v) is 6.45. The largest absolute Gasteiger partial charge is 0.481 e. The number of hydrogen-bond acceptors (Lipinski definition) is 3. The first-order chi connectivity index (χ1) is 8.41. The quantitative estimate of drug-likeness (QED) is 0.781. The van der Waals surface area contributed by atoms with Crippen LogP contribution in [-0.2, 0) is 14.3 Å². The molecule has 0 aromatic carbocycles. The molecule has 1 aliphatic carbocycles. The molecule has 0 bridgehead atoms. The molecule has 0 saturated heterocycles. The van der Waals surface area contributed by atoms with E-state index in [1.807, 2.05) is 0 Å². The van der Waals surface area contributed by atoms with Gasteiger partial charge in [-0.25, -0.2) is 0 Å². The van der Waals surface area contributed by atoms with E-state index in [2.05, 4.69) is 12.2 Å². The number of rotatable bonds is 5. The first-order valence-electron chi connectivity index (χ1n) is 6.45. The molecule has 0 heterocycles. The van der Waals surface area contributed by atoms with Crippen LogP contribution >= 0.6 is 0 Å². The number of carbonyl (C=O) groups is 2. The standard InChI is InChI=1S/C13H23NO4/c1-9-4-6-13(7-5-9,12(16)17)8-14-11(15)10(2)18-3/h9-10H,4-8H2,1-3H3,(H,14,15)(H,16,17). The van der Waals surface area contributed by atoms with Crippen molar-refractivity contribution in [3.8, 4) is 0 Å². The van der Waals surface area contributed by atoms with Gasteiger partial charge in [-0.1, -0.05) is 6.92 Å². The lowest BCUT2D eigenvalue weighted by Crippen LogP contribution is -2.47. The number of amides is 1. The van der Waals surface area contributed by atoms with Crippen molar-refractivity contribution in [1.29, 1.82) is 0 Å². The maximum Gasteiger partial charge on any atom is 0.311 e. The lowest BCUT2D eigenvalue weighted by Gasteiger charge is -2.36. The fraction of sp³-hybridized carbons (Fsp3) is 0.846. The Hall–Kier alpha value is -1.10. The zero-order chi connectivity index (χ0) is 13.8. The highest BCUT2D eigenvalue weighted by atomic mass is 16.5. The van der Waals surface area contributed by atoms with Crippen molar-refractivity contribution in [2.24, 2.45) is 11.3 Å². The monoisotopic (exact) mass is 257 g/mol. The number of aliphatic carboxylic acids is 1. The third-order valence-corrected chi connectivity index (χ3v) is 4.01. The summed E-state index contributed by atoms with van der Waals surface area (Å²) in [6.45, 7) is 3.98. The van der Waals surface area contributed by atoms with Crippen LogP contribution in [0.4, 0.5) is 0 Å². The van der Waals surface area contributed by atoms with E-state index in [9.17, 15) is 14.7 Å². The fourth-order valence-electron chi connectivity index (χ4n) is 2.29. The molecule has 1 aliphatic rings. The second-order valence-corrected chi connectivity index (χ2v) is 5.36. The summed E-state index contributed by atoms with van der Waals surface area (Å²) in [5.74, 6) is -0.484. The molecule has 1 unspecified atom stereocenters. The number of methoxy groups -OCH3 is 1. The number of ether oxygens (including phenoxy) is 1. The molecule has 1 saturated carbocycles. The van der Waals surface area contributed by atoms with Crippen LogP contribution in [0.25, 0.3) is 0 Å². The molecule has 1 atom stereocenters. The summed E-state index contributed by atoms with van der Waals surface area (Å²) < 4.78 is 4.90. The van der Waals surface area contributed by atoms with Crippen molar-refractivity contribution in [1.82, 2.24) is 5.32 Å². The molecular weight excluding hydrogens is 234 g/mol. The van der Waals surface area contributed by atoms with Crippen molar-refractivity contribution in [2.75, 3.05) is 13.7 Å². The Labute approximate surface area is 108 Å². The summed E-state index contributed by atoms with van der Waals surface area (Å²) in [6, 6.07) is 0. The number of carboxylic acid groups (broad SMARTS) is 1. The molecule has 0 aromatic heterocycles. The summed E-state index contributed by atoms with van der Waals surface area (Å²) in [7, 11) is 1.46. The van der Waals surface area contributed by atoms with Crippen molar-refractivity contribution in [3.05, 3.63) is 0 Å². The van der Waals surface area contributed by atoms with E-state index in [0.717, 1.165) is 12.8 Å². The van der Waals surface area contributed by atoms with E-state index in [-0.39, 0.29) is 12.5 Å². The van der Waals surface area contributed by atoms with Crippen LogP contribution in [0.3, 0.4) is 0 Å². The lowest BCUT2D eigenvalue weighted by molar-refractivity contribution is -0.151. The summed E-state index contributed by atoms with van der Waals surface area (Å²) in [5, 5.41) is 12.1. The zero-order valence-electron chi connectivity index (χ0n) is 11.4. The van der Waals surface area contributed by atoms with Crippen LogP contribution in [0.15, 0.2) is 0 Å². The Morgan fingerprint density at radius 3 is 2.44 bits per heavy atom. The second kappa shape index (κ2) is 6.18. The summed E-state index contributed by atoms with van der Waals surface area (Å²) >= 11 is 0. The highest BCUT2D eigenvalue weighted by Crippen LogP contribution is 2.38. The minimum absolute atomic E-state index is 0.196. The van der Waals surface area contributed by atoms with Gasteiger partial charge in [-0.3, -0.25) is 9.59 Å². The molecular formula is C13H23NO4. The smallest absolute Gasteiger partial charge is 0.311 e. The van der Waals surface area contributed by atoms with E-state index in [1.54, 1.807) is 6.92 Å². The normalized spacial score (nSPS) is 29.6. The van der Waals surface area contributed by atoms with E-state index < -0.39 is 17.5 Å². The van der Waals surface area contributed by atoms with Crippen LogP contribution in [-0.4, -0.2) is 36.7 Å². The van der Waals surface area contributed by atoms with E-state index in [4.69, 9.17) is 4.74 Å². The third kappa shape index (κ3) is 3.45. The predicted molar refractivity (Wildman–Crippen MR) is 67.2 cm³/mol. The number of nitrogens with one attached hydrogen (secondary N) is 1. The van der Waals surface area contributed by atoms with Gasteiger partial charge in [0, 0.05) is 13.7 Å². The van der Waals surface area contributed by atoms with Gasteiger partial charge in [0.05, 0.1) is 5.41 Å². The van der Waals surface area contributed by atoms with E-state index >= 15 is 0 Å². The van der Waals surface area contributed by atoms with E-state index in [0.29, 0.717) is 18.8 Å². The Balaban J connectivity index is 2.59. The molecule has 1 rings (SSSR count). The highest BCUT2D eigenvalue weighted by molar-refractivity contribution is 5.82. The van der Waals surface area contributed by atoms with Crippen LogP contribution in [0.2, 0.25) is 0 Å². The van der Waals surface area contributed by atoms with Gasteiger partial charge in [-0.15, -0.1) is 0 Å². The average molecular weight is 257 g/mol. The lowest BCUT2D eigenvalue weighted by atomic mass is 9.71. The molecule has 0 aromatic rings. The van der Waals surface area contributed by atoms with Crippen LogP contribution < -0.4 is 5.32 Å². The zero-order valence-corrected chi connectivity index (χ0v) is 11.4. The van der Waals surface area contributed by atoms with Gasteiger partial charge in [-0.2, -0.15) is 0 Å². The molecule has 18 heavy (non-hydrogen) atoms. The second-order valence-electron chi connectivity index (χ2n) is 5.36. The SMILES string of the molecule is COC(C)C(=O)NCC1(C(=O)O)CCC(C)CC1. The summed E-state index contributed by atoms with van der Waals surface area (Å²) in [4.78, 5) is 23.1. The van der Waals surface area contributed by atoms with Gasteiger partial charge in [0.15, 0.2) is 0 Å². The number of carbonyl (C=O) groups excluding carboxylic acids is 1. The van der Waals surface area contributed by atoms with Gasteiger partial charge < -0.3 is 15.2 Å². The molecule has 2 N–H and O–H groups in total. The Morgan fingerprint density at radius 2 is 2.00 bits per heavy atom. The summed E-state index contributed by atoms with van der Waals surface area (Å²) in [6.07, 6.45) is 2.53. The van der Waals surface area contributed by atoms with Crippen molar-refractivity contribution in [3.63, 3.8) is 0 Å². The topological polar surface area (TPSA) is 75.6 Å². The minimum Gasteiger partial charge on any atom is -0.481 e. The Bertz CT molecular complexity index is 308. The van der Waals surface area contributed by atoms with E-state index in [1.165, 1.54) is 7.11 Å². The van der Waals surface area contributed by atoms with Gasteiger partial charge in [0.1, 0.15) is 6.10 Å². The van der Waals surface area contributed by atoms with Gasteiger partial charge in [-0.05, 0) is 38.5 Å². The molecule has 0 spiro atoms. The molecule has 0 aliphatic heterocycles. The minimum atomic E-state index is -0.806. The summed E-state index contributed by atoms with van der Waals surface area (Å²) in [5.41, 5.74) is -0.796. The molecule has 104 valence electrons. The fourth-order valence-corrected chi connectivity index (χ4v) is 2.29. The Kier molecular flexibility index (Phi) is 5.14. The van der Waals surface area contributed by atoms with Crippen LogP contribution in [0.1, 0.15) is 39.5 Å². The molecule has 5 nitrogen and oxygen atoms in total. The van der Waals surface area contributed by atoms with Gasteiger partial charge in [0.2, 0.25) is 5.91 Å². The van der Waals surface area contributed by atoms with Gasteiger partial charge in [0.25, 0.3) is 0 Å². The number of hydrogen-bond donors (Lipinski definition) is 2. The van der Waals surface area contributed by atoms with Crippen molar-refractivity contribution >= 4 is 11.9 Å². The molecule has 5 heteroatoms. The van der Waals surface area contributed by atoms with Crippen molar-refractivity contribution in [2.45, 2.75) is 45.6 Å². The number of carboxylic acids is 1. The molecule has 0 radical (unpaired) electrons. The molecule has 1 amide bonds. The Morgan fingerprint density at radius 1 is 1.44 bits per heavy atom. The molecule has 1 fully saturated rings. The van der Waals surface area contributed by atoms with Crippen LogP contribution in [0.5, 0.6) is 0 Å². The maximum absolute atomic E-state index is 11.6. The highest BCUT2D eigenvalue weighted by Gasteiger charge is 2.41.